The third-order valence-corrected chi connectivity index (χ3v) is 4.57. The highest BCUT2D eigenvalue weighted by atomic mass is 35.5. The van der Waals surface area contributed by atoms with Crippen LogP contribution in [0.2, 0.25) is 15.1 Å². The van der Waals surface area contributed by atoms with Gasteiger partial charge in [-0.2, -0.15) is 0 Å². The standard InChI is InChI=1S/C17H13Cl3N2O/c18-12-2-4-16-13(8-12)11(9-22-16)5-6-21-17(23)10-1-3-14(19)15(20)7-10/h1-4,7-9,22H,5-6H2,(H,21,23). The predicted molar refractivity (Wildman–Crippen MR) is 95.8 cm³/mol. The summed E-state index contributed by atoms with van der Waals surface area (Å²) >= 11 is 17.8. The Kier molecular flexibility index (Phi) is 4.81. The summed E-state index contributed by atoms with van der Waals surface area (Å²) in [5.41, 5.74) is 2.62. The minimum Gasteiger partial charge on any atom is -0.361 e. The number of fused-ring (bicyclic) bond motifs is 1. The van der Waals surface area contributed by atoms with Gasteiger partial charge in [0.25, 0.3) is 5.91 Å². The molecule has 118 valence electrons. The zero-order valence-electron chi connectivity index (χ0n) is 12.0. The fraction of sp³-hybridized carbons (Fsp3) is 0.118. The summed E-state index contributed by atoms with van der Waals surface area (Å²) in [6, 6.07) is 10.5. The maximum absolute atomic E-state index is 12.1. The lowest BCUT2D eigenvalue weighted by atomic mass is 10.1. The average molecular weight is 368 g/mol. The van der Waals surface area contributed by atoms with Gasteiger partial charge in [0.15, 0.2) is 0 Å². The lowest BCUT2D eigenvalue weighted by molar-refractivity contribution is 0.0954. The van der Waals surface area contributed by atoms with Gasteiger partial charge in [-0.3, -0.25) is 4.79 Å². The van der Waals surface area contributed by atoms with Gasteiger partial charge in [-0.15, -0.1) is 0 Å². The molecule has 3 aromatic rings. The van der Waals surface area contributed by atoms with Crippen LogP contribution in [-0.2, 0) is 6.42 Å². The number of aromatic nitrogens is 1. The second kappa shape index (κ2) is 6.83. The minimum atomic E-state index is -0.179. The monoisotopic (exact) mass is 366 g/mol. The Labute approximate surface area is 148 Å². The van der Waals surface area contributed by atoms with E-state index in [-0.39, 0.29) is 5.91 Å². The Morgan fingerprint density at radius 3 is 2.65 bits per heavy atom. The van der Waals surface area contributed by atoms with Crippen molar-refractivity contribution in [2.75, 3.05) is 6.54 Å². The van der Waals surface area contributed by atoms with Crippen LogP contribution in [0.1, 0.15) is 15.9 Å². The second-order valence-corrected chi connectivity index (χ2v) is 6.39. The molecule has 2 aromatic carbocycles. The largest absolute Gasteiger partial charge is 0.361 e. The normalized spacial score (nSPS) is 10.9. The molecule has 0 saturated carbocycles. The Balaban J connectivity index is 1.65. The highest BCUT2D eigenvalue weighted by Gasteiger charge is 2.09. The van der Waals surface area contributed by atoms with E-state index in [9.17, 15) is 4.79 Å². The van der Waals surface area contributed by atoms with Crippen molar-refractivity contribution in [3.8, 4) is 0 Å². The SMILES string of the molecule is O=C(NCCc1c[nH]c2ccc(Cl)cc12)c1ccc(Cl)c(Cl)c1. The third-order valence-electron chi connectivity index (χ3n) is 3.59. The topological polar surface area (TPSA) is 44.9 Å². The summed E-state index contributed by atoms with van der Waals surface area (Å²) < 4.78 is 0. The van der Waals surface area contributed by atoms with E-state index in [0.29, 0.717) is 33.6 Å². The fourth-order valence-electron chi connectivity index (χ4n) is 2.41. The molecule has 3 rings (SSSR count). The van der Waals surface area contributed by atoms with Gasteiger partial charge in [0.2, 0.25) is 0 Å². The van der Waals surface area contributed by atoms with Crippen LogP contribution in [0.3, 0.4) is 0 Å². The van der Waals surface area contributed by atoms with E-state index in [0.717, 1.165) is 16.5 Å². The molecule has 0 atom stereocenters. The molecule has 1 amide bonds. The van der Waals surface area contributed by atoms with Crippen molar-refractivity contribution < 1.29 is 4.79 Å². The van der Waals surface area contributed by atoms with Crippen LogP contribution in [0.4, 0.5) is 0 Å². The van der Waals surface area contributed by atoms with Crippen molar-refractivity contribution in [1.82, 2.24) is 10.3 Å². The number of aromatic amines is 1. The van der Waals surface area contributed by atoms with Crippen molar-refractivity contribution in [1.29, 1.82) is 0 Å². The first-order chi connectivity index (χ1) is 11.0. The van der Waals surface area contributed by atoms with Gasteiger partial charge < -0.3 is 10.3 Å². The summed E-state index contributed by atoms with van der Waals surface area (Å²) in [7, 11) is 0. The number of benzene rings is 2. The summed E-state index contributed by atoms with van der Waals surface area (Å²) in [6.07, 6.45) is 2.64. The molecule has 1 heterocycles. The molecule has 0 aliphatic rings. The molecule has 0 saturated heterocycles. The highest BCUT2D eigenvalue weighted by Crippen LogP contribution is 2.23. The number of amides is 1. The molecule has 6 heteroatoms. The van der Waals surface area contributed by atoms with E-state index < -0.39 is 0 Å². The number of hydrogen-bond donors (Lipinski definition) is 2. The summed E-state index contributed by atoms with van der Waals surface area (Å²) in [4.78, 5) is 15.3. The minimum absolute atomic E-state index is 0.179. The van der Waals surface area contributed by atoms with E-state index in [1.807, 2.05) is 24.4 Å². The first kappa shape index (κ1) is 16.2. The number of hydrogen-bond acceptors (Lipinski definition) is 1. The lowest BCUT2D eigenvalue weighted by Gasteiger charge is -2.06. The first-order valence-electron chi connectivity index (χ1n) is 7.03. The van der Waals surface area contributed by atoms with Crippen LogP contribution in [0.5, 0.6) is 0 Å². The molecular weight excluding hydrogens is 355 g/mol. The molecule has 0 fully saturated rings. The predicted octanol–water partition coefficient (Wildman–Crippen LogP) is 5.10. The van der Waals surface area contributed by atoms with Crippen LogP contribution in [0.15, 0.2) is 42.6 Å². The van der Waals surface area contributed by atoms with Gasteiger partial charge >= 0.3 is 0 Å². The van der Waals surface area contributed by atoms with Crippen molar-refractivity contribution in [3.05, 3.63) is 68.8 Å². The van der Waals surface area contributed by atoms with Gasteiger partial charge in [0, 0.05) is 34.2 Å². The molecule has 0 aliphatic heterocycles. The zero-order chi connectivity index (χ0) is 16.4. The molecule has 0 aliphatic carbocycles. The quantitative estimate of drug-likeness (QED) is 0.662. The molecule has 0 unspecified atom stereocenters. The molecule has 3 nitrogen and oxygen atoms in total. The number of halogens is 3. The molecule has 23 heavy (non-hydrogen) atoms. The van der Waals surface area contributed by atoms with Crippen LogP contribution in [0.25, 0.3) is 10.9 Å². The number of carbonyl (C=O) groups excluding carboxylic acids is 1. The van der Waals surface area contributed by atoms with E-state index in [1.165, 1.54) is 0 Å². The average Bonchev–Trinajstić information content (AvgIpc) is 2.92. The Morgan fingerprint density at radius 2 is 1.87 bits per heavy atom. The van der Waals surface area contributed by atoms with E-state index in [1.54, 1.807) is 18.2 Å². The number of rotatable bonds is 4. The van der Waals surface area contributed by atoms with Crippen LogP contribution in [-0.4, -0.2) is 17.4 Å². The summed E-state index contributed by atoms with van der Waals surface area (Å²) in [6.45, 7) is 0.512. The molecule has 2 N–H and O–H groups in total. The summed E-state index contributed by atoms with van der Waals surface area (Å²) in [5.74, 6) is -0.179. The lowest BCUT2D eigenvalue weighted by Crippen LogP contribution is -2.25. The highest BCUT2D eigenvalue weighted by molar-refractivity contribution is 6.42. The first-order valence-corrected chi connectivity index (χ1v) is 8.17. The second-order valence-electron chi connectivity index (χ2n) is 5.14. The fourth-order valence-corrected chi connectivity index (χ4v) is 2.88. The maximum Gasteiger partial charge on any atom is 0.251 e. The van der Waals surface area contributed by atoms with Gasteiger partial charge in [-0.1, -0.05) is 34.8 Å². The van der Waals surface area contributed by atoms with Gasteiger partial charge in [-0.05, 0) is 48.4 Å². The summed E-state index contributed by atoms with van der Waals surface area (Å²) in [5, 5.41) is 5.43. The Hall–Kier alpha value is -1.68. The van der Waals surface area contributed by atoms with Gasteiger partial charge in [0.05, 0.1) is 10.0 Å². The molecule has 0 bridgehead atoms. The Bertz CT molecular complexity index is 873. The van der Waals surface area contributed by atoms with Crippen molar-refractivity contribution in [2.24, 2.45) is 0 Å². The van der Waals surface area contributed by atoms with Gasteiger partial charge in [-0.25, -0.2) is 0 Å². The van der Waals surface area contributed by atoms with Crippen LogP contribution < -0.4 is 5.32 Å². The van der Waals surface area contributed by atoms with Crippen molar-refractivity contribution >= 4 is 51.6 Å². The maximum atomic E-state index is 12.1. The number of nitrogens with one attached hydrogen (secondary N) is 2. The van der Waals surface area contributed by atoms with E-state index >= 15 is 0 Å². The van der Waals surface area contributed by atoms with Crippen molar-refractivity contribution in [2.45, 2.75) is 6.42 Å². The van der Waals surface area contributed by atoms with Crippen LogP contribution >= 0.6 is 34.8 Å². The molecule has 1 aromatic heterocycles. The molecule has 0 radical (unpaired) electrons. The van der Waals surface area contributed by atoms with E-state index in [2.05, 4.69) is 10.3 Å². The van der Waals surface area contributed by atoms with Gasteiger partial charge in [0.1, 0.15) is 0 Å². The van der Waals surface area contributed by atoms with E-state index in [4.69, 9.17) is 34.8 Å². The molecular formula is C17H13Cl3N2O. The van der Waals surface area contributed by atoms with Crippen molar-refractivity contribution in [3.63, 3.8) is 0 Å². The van der Waals surface area contributed by atoms with Crippen LogP contribution in [0, 0.1) is 0 Å². The molecule has 0 spiro atoms. The zero-order valence-corrected chi connectivity index (χ0v) is 14.3. The smallest absolute Gasteiger partial charge is 0.251 e. The number of carbonyl (C=O) groups is 1. The third kappa shape index (κ3) is 3.63. The Morgan fingerprint density at radius 1 is 1.04 bits per heavy atom. The number of H-pyrrole nitrogens is 1.